The third-order valence-electron chi connectivity index (χ3n) is 5.65. The minimum absolute atomic E-state index is 0.0204. The number of hydrogen-bond donors (Lipinski definition) is 1. The van der Waals surface area contributed by atoms with Gasteiger partial charge in [0.1, 0.15) is 41.1 Å². The molecule has 0 bridgehead atoms. The summed E-state index contributed by atoms with van der Waals surface area (Å²) in [5.74, 6) is 0.601. The van der Waals surface area contributed by atoms with Gasteiger partial charge in [-0.3, -0.25) is 14.0 Å². The fraction of sp³-hybridized carbons (Fsp3) is 0.318. The van der Waals surface area contributed by atoms with Crippen LogP contribution in [0.2, 0.25) is 0 Å². The van der Waals surface area contributed by atoms with Crippen molar-refractivity contribution in [2.24, 2.45) is 12.0 Å². The number of anilines is 1. The van der Waals surface area contributed by atoms with Gasteiger partial charge in [-0.2, -0.15) is 5.10 Å². The van der Waals surface area contributed by atoms with Gasteiger partial charge in [0, 0.05) is 19.3 Å². The summed E-state index contributed by atoms with van der Waals surface area (Å²) in [6, 6.07) is 4.52. The first-order chi connectivity index (χ1) is 16.0. The van der Waals surface area contributed by atoms with Crippen molar-refractivity contribution in [1.82, 2.24) is 34.3 Å². The molecule has 1 atom stereocenters. The molecule has 1 saturated carbocycles. The van der Waals surface area contributed by atoms with E-state index in [1.165, 1.54) is 12.4 Å². The lowest BCUT2D eigenvalue weighted by Crippen LogP contribution is -2.27. The predicted molar refractivity (Wildman–Crippen MR) is 122 cm³/mol. The summed E-state index contributed by atoms with van der Waals surface area (Å²) in [6.07, 6.45) is 6.92. The molecule has 4 aromatic rings. The van der Waals surface area contributed by atoms with E-state index in [1.807, 2.05) is 6.92 Å². The number of halogens is 1. The van der Waals surface area contributed by atoms with Crippen molar-refractivity contribution in [3.05, 3.63) is 52.8 Å². The Morgan fingerprint density at radius 2 is 2.12 bits per heavy atom. The van der Waals surface area contributed by atoms with Crippen LogP contribution in [-0.2, 0) is 7.05 Å². The molecule has 1 aliphatic rings. The molecular weight excluding hydrogens is 425 g/mol. The van der Waals surface area contributed by atoms with Gasteiger partial charge in [-0.25, -0.2) is 29.3 Å². The summed E-state index contributed by atoms with van der Waals surface area (Å²) in [6.45, 7) is 1.98. The van der Waals surface area contributed by atoms with Gasteiger partial charge in [0.05, 0.1) is 11.4 Å². The summed E-state index contributed by atoms with van der Waals surface area (Å²) in [5.41, 5.74) is 6.48. The molecule has 33 heavy (non-hydrogen) atoms. The number of aryl methyl sites for hydroxylation is 1. The van der Waals surface area contributed by atoms with Crippen LogP contribution in [0.3, 0.4) is 0 Å². The molecule has 5 rings (SSSR count). The molecule has 0 radical (unpaired) electrons. The van der Waals surface area contributed by atoms with Crippen LogP contribution in [0.4, 0.5) is 16.0 Å². The van der Waals surface area contributed by atoms with Gasteiger partial charge in [-0.05, 0) is 31.4 Å². The SMILES string of the molecule is CCC(C=Nc1ncnc(N)c1-c1ncn(C)n1)c1nc2cccc(F)c2c(=O)n1C1CC1. The minimum Gasteiger partial charge on any atom is -0.383 e. The standard InChI is InChI=1S/C22H22FN9O/c1-3-12(9-25-19-17(18(24)26-10-27-19)20-28-11-31(2)30-20)21-29-15-6-4-5-14(23)16(15)22(33)32(21)13-7-8-13/h4-6,9-13H,3,7-8H2,1-2H3,(H2,24,26,27). The first kappa shape index (κ1) is 20.9. The number of rotatable bonds is 6. The second-order valence-corrected chi connectivity index (χ2v) is 8.00. The summed E-state index contributed by atoms with van der Waals surface area (Å²) >= 11 is 0. The molecular formula is C22H22FN9O. The molecule has 0 saturated heterocycles. The van der Waals surface area contributed by atoms with E-state index in [9.17, 15) is 9.18 Å². The quantitative estimate of drug-likeness (QED) is 0.450. The molecule has 1 fully saturated rings. The normalized spacial score (nSPS) is 14.9. The first-order valence-corrected chi connectivity index (χ1v) is 10.7. The second kappa shape index (κ2) is 8.15. The zero-order chi connectivity index (χ0) is 23.1. The van der Waals surface area contributed by atoms with Gasteiger partial charge in [0.2, 0.25) is 0 Å². The Morgan fingerprint density at radius 1 is 1.30 bits per heavy atom. The average Bonchev–Trinajstić information content (AvgIpc) is 3.54. The van der Waals surface area contributed by atoms with E-state index in [4.69, 9.17) is 5.73 Å². The number of nitrogens with two attached hydrogens (primary N) is 1. The molecule has 3 aromatic heterocycles. The van der Waals surface area contributed by atoms with Crippen molar-refractivity contribution in [3.63, 3.8) is 0 Å². The van der Waals surface area contributed by atoms with Crippen LogP contribution < -0.4 is 11.3 Å². The molecule has 1 unspecified atom stereocenters. The van der Waals surface area contributed by atoms with Gasteiger partial charge in [-0.1, -0.05) is 13.0 Å². The number of aliphatic imine (C=N–C) groups is 1. The molecule has 1 aromatic carbocycles. The second-order valence-electron chi connectivity index (χ2n) is 8.00. The highest BCUT2D eigenvalue weighted by Gasteiger charge is 2.31. The van der Waals surface area contributed by atoms with E-state index in [0.717, 1.165) is 12.8 Å². The zero-order valence-corrected chi connectivity index (χ0v) is 18.2. The van der Waals surface area contributed by atoms with Crippen molar-refractivity contribution in [3.8, 4) is 11.4 Å². The maximum absolute atomic E-state index is 14.4. The van der Waals surface area contributed by atoms with Crippen LogP contribution in [0.5, 0.6) is 0 Å². The number of nitrogen functional groups attached to an aromatic ring is 1. The largest absolute Gasteiger partial charge is 0.383 e. The maximum Gasteiger partial charge on any atom is 0.264 e. The Kier molecular flexibility index (Phi) is 5.15. The lowest BCUT2D eigenvalue weighted by atomic mass is 10.1. The van der Waals surface area contributed by atoms with Crippen molar-refractivity contribution >= 4 is 28.8 Å². The molecule has 2 N–H and O–H groups in total. The van der Waals surface area contributed by atoms with Crippen molar-refractivity contribution in [2.75, 3.05) is 5.73 Å². The summed E-state index contributed by atoms with van der Waals surface area (Å²) in [4.78, 5) is 35.0. The Hall–Kier alpha value is -4.02. The van der Waals surface area contributed by atoms with Crippen LogP contribution in [0.25, 0.3) is 22.3 Å². The number of fused-ring (bicyclic) bond motifs is 1. The van der Waals surface area contributed by atoms with E-state index in [0.29, 0.717) is 35.0 Å². The molecule has 10 nitrogen and oxygen atoms in total. The van der Waals surface area contributed by atoms with Crippen LogP contribution in [0.1, 0.15) is 44.0 Å². The molecule has 168 valence electrons. The minimum atomic E-state index is -0.559. The van der Waals surface area contributed by atoms with Crippen LogP contribution in [0, 0.1) is 5.82 Å². The summed E-state index contributed by atoms with van der Waals surface area (Å²) < 4.78 is 17.6. The highest BCUT2D eigenvalue weighted by atomic mass is 19.1. The van der Waals surface area contributed by atoms with Gasteiger partial charge in [0.25, 0.3) is 5.56 Å². The monoisotopic (exact) mass is 447 g/mol. The Bertz CT molecular complexity index is 1440. The van der Waals surface area contributed by atoms with E-state index in [-0.39, 0.29) is 28.7 Å². The molecule has 0 spiro atoms. The van der Waals surface area contributed by atoms with Crippen LogP contribution >= 0.6 is 0 Å². The third kappa shape index (κ3) is 3.75. The van der Waals surface area contributed by atoms with Crippen LogP contribution in [0.15, 0.2) is 40.6 Å². The lowest BCUT2D eigenvalue weighted by Gasteiger charge is -2.17. The zero-order valence-electron chi connectivity index (χ0n) is 18.2. The van der Waals surface area contributed by atoms with Gasteiger partial charge in [-0.15, -0.1) is 0 Å². The lowest BCUT2D eigenvalue weighted by molar-refractivity contribution is 0.603. The van der Waals surface area contributed by atoms with E-state index in [2.05, 4.69) is 30.0 Å². The summed E-state index contributed by atoms with van der Waals surface area (Å²) in [5, 5.41) is 4.31. The maximum atomic E-state index is 14.4. The molecule has 11 heteroatoms. The number of benzene rings is 1. The Balaban J connectivity index is 1.61. The molecule has 0 aliphatic heterocycles. The van der Waals surface area contributed by atoms with Crippen molar-refractivity contribution in [2.45, 2.75) is 38.1 Å². The predicted octanol–water partition coefficient (Wildman–Crippen LogP) is 2.93. The molecule has 0 amide bonds. The van der Waals surface area contributed by atoms with E-state index >= 15 is 0 Å². The number of nitrogens with zero attached hydrogens (tertiary/aromatic N) is 8. The number of aromatic nitrogens is 7. The van der Waals surface area contributed by atoms with Crippen molar-refractivity contribution < 1.29 is 4.39 Å². The van der Waals surface area contributed by atoms with Gasteiger partial charge >= 0.3 is 0 Å². The average molecular weight is 447 g/mol. The third-order valence-corrected chi connectivity index (χ3v) is 5.65. The first-order valence-electron chi connectivity index (χ1n) is 10.7. The van der Waals surface area contributed by atoms with Gasteiger partial charge < -0.3 is 5.73 Å². The van der Waals surface area contributed by atoms with E-state index < -0.39 is 5.82 Å². The van der Waals surface area contributed by atoms with Gasteiger partial charge in [0.15, 0.2) is 11.6 Å². The number of hydrogen-bond acceptors (Lipinski definition) is 8. The highest BCUT2D eigenvalue weighted by molar-refractivity contribution is 5.82. The molecule has 1 aliphatic carbocycles. The fourth-order valence-corrected chi connectivity index (χ4v) is 3.84. The Labute approximate surface area is 188 Å². The smallest absolute Gasteiger partial charge is 0.264 e. The fourth-order valence-electron chi connectivity index (χ4n) is 3.84. The summed E-state index contributed by atoms with van der Waals surface area (Å²) in [7, 11) is 1.75. The topological polar surface area (TPSA) is 130 Å². The van der Waals surface area contributed by atoms with Crippen LogP contribution in [-0.4, -0.2) is 40.5 Å². The van der Waals surface area contributed by atoms with E-state index in [1.54, 1.807) is 41.0 Å². The molecule has 3 heterocycles. The highest BCUT2D eigenvalue weighted by Crippen LogP contribution is 2.37. The van der Waals surface area contributed by atoms with Crippen molar-refractivity contribution in [1.29, 1.82) is 0 Å². The Morgan fingerprint density at radius 3 is 2.82 bits per heavy atom.